The maximum atomic E-state index is 5.35. The van der Waals surface area contributed by atoms with E-state index < -0.39 is 0 Å². The van der Waals surface area contributed by atoms with E-state index in [1.165, 1.54) is 10.5 Å². The zero-order valence-corrected chi connectivity index (χ0v) is 9.51. The maximum Gasteiger partial charge on any atom is 0.0959 e. The van der Waals surface area contributed by atoms with E-state index in [4.69, 9.17) is 11.2 Å². The van der Waals surface area contributed by atoms with Crippen molar-refractivity contribution < 1.29 is 0 Å². The normalized spacial score (nSPS) is 22.4. The molecule has 0 amide bonds. The summed E-state index contributed by atoms with van der Waals surface area (Å²) >= 11 is 5.35. The van der Waals surface area contributed by atoms with E-state index in [0.29, 0.717) is 0 Å². The van der Waals surface area contributed by atoms with Crippen LogP contribution in [0.5, 0.6) is 0 Å². The summed E-state index contributed by atoms with van der Waals surface area (Å²) in [5, 5.41) is 0. The number of hydrogen-bond acceptors (Lipinski definition) is 4. The molecule has 0 aliphatic carbocycles. The minimum absolute atomic E-state index is 0.115. The van der Waals surface area contributed by atoms with Crippen LogP contribution in [-0.4, -0.2) is 15.7 Å². The summed E-state index contributed by atoms with van der Waals surface area (Å²) in [6.45, 7) is 2.12. The molecule has 0 N–H and O–H groups in total. The minimum Gasteiger partial charge on any atom is -0.261 e. The van der Waals surface area contributed by atoms with Crippen molar-refractivity contribution in [2.24, 2.45) is 0 Å². The van der Waals surface area contributed by atoms with Gasteiger partial charge in [-0.05, 0) is 32.2 Å². The summed E-state index contributed by atoms with van der Waals surface area (Å²) in [5.74, 6) is 1.04. The van der Waals surface area contributed by atoms with E-state index in [9.17, 15) is 0 Å². The molecule has 1 atom stereocenters. The van der Waals surface area contributed by atoms with Crippen LogP contribution in [0.15, 0.2) is 24.2 Å². The van der Waals surface area contributed by atoms with E-state index in [1.54, 1.807) is 18.6 Å². The summed E-state index contributed by atoms with van der Waals surface area (Å²) in [4.78, 5) is 9.53. The van der Waals surface area contributed by atoms with Gasteiger partial charge in [0.15, 0.2) is 0 Å². The van der Waals surface area contributed by atoms with Crippen molar-refractivity contribution in [1.82, 2.24) is 9.97 Å². The fourth-order valence-electron chi connectivity index (χ4n) is 1.13. The monoisotopic (exact) mass is 228 g/mol. The average Bonchev–Trinajstić information content (AvgIpc) is 2.48. The van der Waals surface area contributed by atoms with E-state index in [1.807, 2.05) is 10.8 Å². The molecule has 0 saturated heterocycles. The van der Waals surface area contributed by atoms with E-state index in [0.717, 1.165) is 11.4 Å². The lowest BCUT2D eigenvalue weighted by molar-refractivity contribution is 1.17. The molecule has 0 aromatic carbocycles. The van der Waals surface area contributed by atoms with Gasteiger partial charge in [0, 0.05) is 23.1 Å². The number of rotatable bonds is 1. The fraction of sp³-hybridized carbons (Fsp3) is 0.250. The van der Waals surface area contributed by atoms with Crippen LogP contribution in [-0.2, 0) is 19.7 Å². The maximum absolute atomic E-state index is 5.35. The van der Waals surface area contributed by atoms with Crippen molar-refractivity contribution in [3.8, 4) is 0 Å². The van der Waals surface area contributed by atoms with Crippen molar-refractivity contribution in [3.05, 3.63) is 29.9 Å². The summed E-state index contributed by atoms with van der Waals surface area (Å²) in [6.07, 6.45) is 5.19. The Morgan fingerprint density at radius 2 is 2.38 bits per heavy atom. The van der Waals surface area contributed by atoms with Crippen LogP contribution in [0.4, 0.5) is 0 Å². The molecule has 1 aromatic heterocycles. The molecule has 0 spiro atoms. The Labute approximate surface area is 87.9 Å². The third kappa shape index (κ3) is 1.82. The molecule has 0 radical (unpaired) electrons. The van der Waals surface area contributed by atoms with Crippen LogP contribution >= 0.6 is 10.8 Å². The predicted octanol–water partition coefficient (Wildman–Crippen LogP) is 1.95. The standard InChI is InChI=1S/C8H8N2S3/c1-6-5-12-13(11)8(6)7-4-9-2-3-10-7/h2-4H,5H2,1H3. The smallest absolute Gasteiger partial charge is 0.0959 e. The van der Waals surface area contributed by atoms with Gasteiger partial charge < -0.3 is 0 Å². The molecule has 5 heteroatoms. The molecule has 2 rings (SSSR count). The Balaban J connectivity index is 2.47. The molecular weight excluding hydrogens is 220 g/mol. The van der Waals surface area contributed by atoms with Gasteiger partial charge in [0.2, 0.25) is 0 Å². The molecule has 0 fully saturated rings. The third-order valence-corrected chi connectivity index (χ3v) is 6.25. The molecule has 1 unspecified atom stereocenters. The topological polar surface area (TPSA) is 25.8 Å². The lowest BCUT2D eigenvalue weighted by atomic mass is 10.3. The van der Waals surface area contributed by atoms with Crippen molar-refractivity contribution in [2.45, 2.75) is 6.92 Å². The zero-order valence-electron chi connectivity index (χ0n) is 7.06. The van der Waals surface area contributed by atoms with Gasteiger partial charge in [0.25, 0.3) is 0 Å². The molecule has 0 bridgehead atoms. The second-order valence-electron chi connectivity index (χ2n) is 2.70. The van der Waals surface area contributed by atoms with E-state index in [2.05, 4.69) is 16.9 Å². The lowest BCUT2D eigenvalue weighted by Gasteiger charge is -2.01. The second-order valence-corrected chi connectivity index (χ2v) is 7.44. The van der Waals surface area contributed by atoms with Crippen LogP contribution < -0.4 is 0 Å². The first-order valence-electron chi connectivity index (χ1n) is 3.80. The van der Waals surface area contributed by atoms with Crippen LogP contribution in [0.25, 0.3) is 4.91 Å². The van der Waals surface area contributed by atoms with Gasteiger partial charge in [-0.3, -0.25) is 9.97 Å². The molecule has 1 aromatic rings. The first-order chi connectivity index (χ1) is 6.29. The first-order valence-corrected chi connectivity index (χ1v) is 7.45. The van der Waals surface area contributed by atoms with Gasteiger partial charge in [-0.2, -0.15) is 0 Å². The van der Waals surface area contributed by atoms with E-state index >= 15 is 0 Å². The molecule has 1 aliphatic rings. The molecule has 13 heavy (non-hydrogen) atoms. The SMILES string of the molecule is CC1=C(c2cnccn2)S(=S)SC1. The summed E-state index contributed by atoms with van der Waals surface area (Å²) in [7, 11) is 1.69. The Morgan fingerprint density at radius 3 is 2.92 bits per heavy atom. The molecule has 2 nitrogen and oxygen atoms in total. The van der Waals surface area contributed by atoms with Gasteiger partial charge in [-0.1, -0.05) is 10.8 Å². The summed E-state index contributed by atoms with van der Waals surface area (Å²) in [6, 6.07) is 0. The third-order valence-electron chi connectivity index (χ3n) is 1.73. The highest BCUT2D eigenvalue weighted by Crippen LogP contribution is 2.36. The first kappa shape index (κ1) is 9.30. The van der Waals surface area contributed by atoms with Gasteiger partial charge in [0.1, 0.15) is 0 Å². The fourth-order valence-corrected chi connectivity index (χ4v) is 5.40. The second kappa shape index (κ2) is 3.86. The van der Waals surface area contributed by atoms with Crippen LogP contribution in [0.1, 0.15) is 12.6 Å². The minimum atomic E-state index is -0.115. The van der Waals surface area contributed by atoms with Crippen molar-refractivity contribution in [3.63, 3.8) is 0 Å². The van der Waals surface area contributed by atoms with Crippen LogP contribution in [0.3, 0.4) is 0 Å². The largest absolute Gasteiger partial charge is 0.261 e. The quantitative estimate of drug-likeness (QED) is 0.686. The van der Waals surface area contributed by atoms with E-state index in [-0.39, 0.29) is 8.49 Å². The average molecular weight is 228 g/mol. The Bertz CT molecular complexity index is 372. The highest BCUT2D eigenvalue weighted by Gasteiger charge is 2.18. The lowest BCUT2D eigenvalue weighted by Crippen LogP contribution is -1.91. The molecule has 1 aliphatic heterocycles. The Kier molecular flexibility index (Phi) is 2.76. The number of aromatic nitrogens is 2. The van der Waals surface area contributed by atoms with Gasteiger partial charge in [0.05, 0.1) is 11.9 Å². The highest BCUT2D eigenvalue weighted by atomic mass is 33.3. The van der Waals surface area contributed by atoms with Crippen molar-refractivity contribution >= 4 is 35.4 Å². The number of nitrogens with zero attached hydrogens (tertiary/aromatic N) is 2. The zero-order chi connectivity index (χ0) is 9.26. The molecule has 0 saturated carbocycles. The molecular formula is C8H8N2S3. The highest BCUT2D eigenvalue weighted by molar-refractivity contribution is 8.86. The Hall–Kier alpha value is -0.260. The van der Waals surface area contributed by atoms with Gasteiger partial charge in [-0.25, -0.2) is 0 Å². The predicted molar refractivity (Wildman–Crippen MR) is 61.8 cm³/mol. The Morgan fingerprint density at radius 1 is 1.54 bits per heavy atom. The molecule has 68 valence electrons. The van der Waals surface area contributed by atoms with Crippen LogP contribution in [0, 0.1) is 0 Å². The van der Waals surface area contributed by atoms with Gasteiger partial charge in [-0.15, -0.1) is 0 Å². The molecule has 2 heterocycles. The summed E-state index contributed by atoms with van der Waals surface area (Å²) in [5.41, 5.74) is 2.30. The van der Waals surface area contributed by atoms with Crippen molar-refractivity contribution in [1.29, 1.82) is 0 Å². The van der Waals surface area contributed by atoms with Crippen LogP contribution in [0.2, 0.25) is 0 Å². The van der Waals surface area contributed by atoms with Crippen molar-refractivity contribution in [2.75, 3.05) is 5.75 Å². The number of hydrogen-bond donors (Lipinski definition) is 0. The summed E-state index contributed by atoms with van der Waals surface area (Å²) < 4.78 is 0. The van der Waals surface area contributed by atoms with Gasteiger partial charge >= 0.3 is 0 Å².